The van der Waals surface area contributed by atoms with Crippen LogP contribution in [0.5, 0.6) is 0 Å². The summed E-state index contributed by atoms with van der Waals surface area (Å²) in [6.45, 7) is 0. The average molecular weight is 437 g/mol. The van der Waals surface area contributed by atoms with Gasteiger partial charge in [0, 0.05) is 11.6 Å². The normalized spacial score (nSPS) is 14.9. The van der Waals surface area contributed by atoms with Crippen molar-refractivity contribution in [1.29, 1.82) is 0 Å². The Morgan fingerprint density at radius 3 is 2.61 bits per heavy atom. The van der Waals surface area contributed by atoms with Crippen LogP contribution in [0.25, 0.3) is 22.3 Å². The van der Waals surface area contributed by atoms with Crippen molar-refractivity contribution in [2.45, 2.75) is 49.1 Å². The third-order valence-electron chi connectivity index (χ3n) is 5.61. The van der Waals surface area contributed by atoms with Crippen LogP contribution in [0.2, 0.25) is 0 Å². The third kappa shape index (κ3) is 4.12. The van der Waals surface area contributed by atoms with Gasteiger partial charge in [-0.05, 0) is 49.2 Å². The van der Waals surface area contributed by atoms with Gasteiger partial charge in [-0.15, -0.1) is 0 Å². The van der Waals surface area contributed by atoms with Gasteiger partial charge in [0.15, 0.2) is 5.16 Å². The zero-order chi connectivity index (χ0) is 21.2. The highest BCUT2D eigenvalue weighted by atomic mass is 32.2. The summed E-state index contributed by atoms with van der Waals surface area (Å²) in [5.41, 5.74) is 1.39. The fourth-order valence-electron chi connectivity index (χ4n) is 4.04. The molecule has 0 spiro atoms. The molecule has 8 heteroatoms. The lowest BCUT2D eigenvalue weighted by atomic mass is 9.95. The minimum Gasteiger partial charge on any atom is -0.338 e. The van der Waals surface area contributed by atoms with Gasteiger partial charge >= 0.3 is 0 Å². The Labute approximate surface area is 182 Å². The van der Waals surface area contributed by atoms with E-state index in [1.165, 1.54) is 30.3 Å². The van der Waals surface area contributed by atoms with E-state index in [2.05, 4.69) is 10.1 Å². The molecule has 31 heavy (non-hydrogen) atoms. The first kappa shape index (κ1) is 19.9. The number of hydrogen-bond acceptors (Lipinski definition) is 6. The molecule has 1 aliphatic carbocycles. The molecular weight excluding hydrogens is 415 g/mol. The van der Waals surface area contributed by atoms with Crippen molar-refractivity contribution >= 4 is 22.7 Å². The number of benzene rings is 2. The Morgan fingerprint density at radius 2 is 1.81 bits per heavy atom. The van der Waals surface area contributed by atoms with E-state index in [0.717, 1.165) is 25.7 Å². The summed E-state index contributed by atoms with van der Waals surface area (Å²) in [6.07, 6.45) is 5.44. The molecule has 1 fully saturated rings. The molecule has 158 valence electrons. The number of fused-ring (bicyclic) bond motifs is 1. The topological polar surface area (TPSA) is 73.8 Å². The molecule has 0 radical (unpaired) electrons. The molecule has 0 bridgehead atoms. The quantitative estimate of drug-likeness (QED) is 0.309. The molecule has 5 rings (SSSR count). The van der Waals surface area contributed by atoms with Gasteiger partial charge in [0.2, 0.25) is 11.7 Å². The van der Waals surface area contributed by atoms with Gasteiger partial charge in [0.1, 0.15) is 5.82 Å². The van der Waals surface area contributed by atoms with Crippen LogP contribution in [0.1, 0.15) is 44.0 Å². The predicted octanol–water partition coefficient (Wildman–Crippen LogP) is 5.38. The van der Waals surface area contributed by atoms with E-state index in [9.17, 15) is 9.18 Å². The Hall–Kier alpha value is -3.00. The van der Waals surface area contributed by atoms with Crippen LogP contribution in [0.3, 0.4) is 0 Å². The molecule has 0 amide bonds. The molecule has 0 saturated heterocycles. The second kappa shape index (κ2) is 8.63. The lowest BCUT2D eigenvalue weighted by Gasteiger charge is -2.26. The van der Waals surface area contributed by atoms with Gasteiger partial charge in [-0.3, -0.25) is 9.36 Å². The van der Waals surface area contributed by atoms with Gasteiger partial charge < -0.3 is 4.52 Å². The van der Waals surface area contributed by atoms with Crippen LogP contribution < -0.4 is 5.56 Å². The van der Waals surface area contributed by atoms with Gasteiger partial charge in [0.05, 0.1) is 16.7 Å². The molecule has 0 atom stereocenters. The molecule has 0 aliphatic heterocycles. The number of aromatic nitrogens is 4. The van der Waals surface area contributed by atoms with Crippen LogP contribution in [-0.2, 0) is 5.75 Å². The fraction of sp³-hybridized carbons (Fsp3) is 0.304. The standard InChI is InChI=1S/C23H21FN4O2S/c24-16-12-10-15(11-13-16)21-26-20(30-27-21)14-31-23-25-19-9-5-4-8-18(19)22(29)28(23)17-6-2-1-3-7-17/h4-5,8-13,17H,1-3,6-7,14H2. The SMILES string of the molecule is O=c1c2ccccc2nc(SCc2nc(-c3ccc(F)cc3)no2)n1C1CCCCC1. The number of para-hydroxylation sites is 1. The minimum atomic E-state index is -0.314. The Kier molecular flexibility index (Phi) is 5.55. The molecule has 2 heterocycles. The fourth-order valence-corrected chi connectivity index (χ4v) is 4.95. The van der Waals surface area contributed by atoms with E-state index >= 15 is 0 Å². The van der Waals surface area contributed by atoms with Crippen molar-refractivity contribution < 1.29 is 8.91 Å². The first-order valence-electron chi connectivity index (χ1n) is 10.4. The van der Waals surface area contributed by atoms with Gasteiger partial charge in [-0.1, -0.05) is 48.3 Å². The van der Waals surface area contributed by atoms with E-state index in [-0.39, 0.29) is 17.4 Å². The summed E-state index contributed by atoms with van der Waals surface area (Å²) in [5, 5.41) is 5.32. The predicted molar refractivity (Wildman–Crippen MR) is 117 cm³/mol. The molecular formula is C23H21FN4O2S. The van der Waals surface area contributed by atoms with Crippen LogP contribution >= 0.6 is 11.8 Å². The second-order valence-electron chi connectivity index (χ2n) is 7.69. The number of hydrogen-bond donors (Lipinski definition) is 0. The lowest BCUT2D eigenvalue weighted by molar-refractivity contribution is 0.326. The monoisotopic (exact) mass is 436 g/mol. The first-order valence-corrected chi connectivity index (χ1v) is 11.4. The zero-order valence-corrected chi connectivity index (χ0v) is 17.6. The van der Waals surface area contributed by atoms with Gasteiger partial charge in [-0.25, -0.2) is 9.37 Å². The summed E-state index contributed by atoms with van der Waals surface area (Å²) in [7, 11) is 0. The summed E-state index contributed by atoms with van der Waals surface area (Å²) in [5.74, 6) is 0.922. The summed E-state index contributed by atoms with van der Waals surface area (Å²) in [4.78, 5) is 22.5. The largest absolute Gasteiger partial charge is 0.338 e. The van der Waals surface area contributed by atoms with Gasteiger partial charge in [-0.2, -0.15) is 4.98 Å². The molecule has 4 aromatic rings. The van der Waals surface area contributed by atoms with E-state index in [1.54, 1.807) is 12.1 Å². The highest BCUT2D eigenvalue weighted by Gasteiger charge is 2.22. The van der Waals surface area contributed by atoms with E-state index < -0.39 is 0 Å². The highest BCUT2D eigenvalue weighted by molar-refractivity contribution is 7.98. The molecule has 1 saturated carbocycles. The van der Waals surface area contributed by atoms with Crippen LogP contribution in [0.15, 0.2) is 63.0 Å². The van der Waals surface area contributed by atoms with Crippen molar-refractivity contribution in [3.05, 3.63) is 70.6 Å². The van der Waals surface area contributed by atoms with Gasteiger partial charge in [0.25, 0.3) is 5.56 Å². The van der Waals surface area contributed by atoms with Crippen LogP contribution in [0.4, 0.5) is 4.39 Å². The van der Waals surface area contributed by atoms with E-state index in [4.69, 9.17) is 9.51 Å². The number of thioether (sulfide) groups is 1. The van der Waals surface area contributed by atoms with Crippen LogP contribution in [-0.4, -0.2) is 19.7 Å². The maximum absolute atomic E-state index is 13.3. The average Bonchev–Trinajstić information content (AvgIpc) is 3.28. The molecule has 2 aromatic carbocycles. The third-order valence-corrected chi connectivity index (χ3v) is 6.55. The molecule has 1 aliphatic rings. The minimum absolute atomic E-state index is 0.0116. The molecule has 6 nitrogen and oxygen atoms in total. The molecule has 2 aromatic heterocycles. The highest BCUT2D eigenvalue weighted by Crippen LogP contribution is 2.32. The maximum atomic E-state index is 13.3. The van der Waals surface area contributed by atoms with Crippen molar-refractivity contribution in [3.63, 3.8) is 0 Å². The van der Waals surface area contributed by atoms with Crippen molar-refractivity contribution in [1.82, 2.24) is 19.7 Å². The molecule has 0 N–H and O–H groups in total. The summed E-state index contributed by atoms with van der Waals surface area (Å²) < 4.78 is 20.4. The zero-order valence-electron chi connectivity index (χ0n) is 16.8. The van der Waals surface area contributed by atoms with E-state index in [1.807, 2.05) is 28.8 Å². The van der Waals surface area contributed by atoms with E-state index in [0.29, 0.717) is 39.1 Å². The number of nitrogens with zero attached hydrogens (tertiary/aromatic N) is 4. The second-order valence-corrected chi connectivity index (χ2v) is 8.63. The summed E-state index contributed by atoms with van der Waals surface area (Å²) >= 11 is 1.43. The first-order chi connectivity index (χ1) is 15.2. The van der Waals surface area contributed by atoms with Crippen LogP contribution in [0, 0.1) is 5.82 Å². The Bertz CT molecular complexity index is 1260. The van der Waals surface area contributed by atoms with Crippen molar-refractivity contribution in [3.8, 4) is 11.4 Å². The van der Waals surface area contributed by atoms with Crippen molar-refractivity contribution in [2.24, 2.45) is 0 Å². The lowest BCUT2D eigenvalue weighted by Crippen LogP contribution is -2.29. The molecule has 0 unspecified atom stereocenters. The summed E-state index contributed by atoms with van der Waals surface area (Å²) in [6, 6.07) is 13.6. The number of halogens is 1. The maximum Gasteiger partial charge on any atom is 0.262 e. The number of rotatable bonds is 5. The van der Waals surface area contributed by atoms with Crippen molar-refractivity contribution in [2.75, 3.05) is 0 Å². The Balaban J connectivity index is 1.44. The smallest absolute Gasteiger partial charge is 0.262 e. The Morgan fingerprint density at radius 1 is 1.03 bits per heavy atom.